The second-order valence-corrected chi connectivity index (χ2v) is 5.87. The Morgan fingerprint density at radius 2 is 2.10 bits per heavy atom. The lowest BCUT2D eigenvalue weighted by molar-refractivity contribution is 0.0270. The number of furan rings is 1. The van der Waals surface area contributed by atoms with Crippen molar-refractivity contribution in [3.63, 3.8) is 0 Å². The highest BCUT2D eigenvalue weighted by Crippen LogP contribution is 2.27. The van der Waals surface area contributed by atoms with Crippen LogP contribution in [0.4, 0.5) is 4.79 Å². The van der Waals surface area contributed by atoms with Gasteiger partial charge in [0.15, 0.2) is 0 Å². The third kappa shape index (κ3) is 3.65. The molecule has 2 heterocycles. The fourth-order valence-electron chi connectivity index (χ4n) is 2.13. The van der Waals surface area contributed by atoms with Crippen LogP contribution in [0.2, 0.25) is 0 Å². The number of nitrogens with zero attached hydrogens (tertiary/aromatic N) is 1. The molecule has 1 amide bonds. The lowest BCUT2D eigenvalue weighted by atomic mass is 10.00. The van der Waals surface area contributed by atoms with Crippen LogP contribution in [-0.4, -0.2) is 40.8 Å². The molecule has 0 aromatic carbocycles. The van der Waals surface area contributed by atoms with Gasteiger partial charge in [-0.15, -0.1) is 0 Å². The summed E-state index contributed by atoms with van der Waals surface area (Å²) in [5.41, 5.74) is 0.926. The minimum Gasteiger partial charge on any atom is -0.475 e. The molecule has 0 saturated carbocycles. The molecule has 21 heavy (non-hydrogen) atoms. The fourth-order valence-corrected chi connectivity index (χ4v) is 2.13. The summed E-state index contributed by atoms with van der Waals surface area (Å²) in [6.45, 7) is 6.35. The van der Waals surface area contributed by atoms with E-state index in [1.54, 1.807) is 11.0 Å². The van der Waals surface area contributed by atoms with Crippen LogP contribution in [0.15, 0.2) is 22.8 Å². The zero-order valence-electron chi connectivity index (χ0n) is 12.4. The molecule has 0 bridgehead atoms. The molecule has 1 aromatic heterocycles. The molecule has 0 unspecified atom stereocenters. The van der Waals surface area contributed by atoms with E-state index in [4.69, 9.17) is 14.3 Å². The minimum atomic E-state index is -1.09. The van der Waals surface area contributed by atoms with Crippen LogP contribution in [0.3, 0.4) is 0 Å². The molecule has 0 saturated heterocycles. The van der Waals surface area contributed by atoms with E-state index in [9.17, 15) is 9.59 Å². The topological polar surface area (TPSA) is 80.0 Å². The highest BCUT2D eigenvalue weighted by molar-refractivity contribution is 5.91. The van der Waals surface area contributed by atoms with Gasteiger partial charge in [0.1, 0.15) is 5.60 Å². The van der Waals surface area contributed by atoms with Gasteiger partial charge in [-0.25, -0.2) is 9.59 Å². The Balaban J connectivity index is 2.07. The van der Waals surface area contributed by atoms with E-state index in [1.165, 1.54) is 6.26 Å². The van der Waals surface area contributed by atoms with Crippen molar-refractivity contribution in [2.45, 2.75) is 32.8 Å². The predicted molar refractivity (Wildman–Crippen MR) is 76.1 cm³/mol. The summed E-state index contributed by atoms with van der Waals surface area (Å²) in [6, 6.07) is 1.64. The van der Waals surface area contributed by atoms with Crippen molar-refractivity contribution in [1.82, 2.24) is 4.90 Å². The van der Waals surface area contributed by atoms with Gasteiger partial charge in [-0.05, 0) is 38.8 Å². The van der Waals surface area contributed by atoms with Gasteiger partial charge in [-0.1, -0.05) is 6.08 Å². The van der Waals surface area contributed by atoms with Gasteiger partial charge in [0.25, 0.3) is 0 Å². The van der Waals surface area contributed by atoms with Crippen LogP contribution in [0.5, 0.6) is 0 Å². The van der Waals surface area contributed by atoms with Gasteiger partial charge in [-0.2, -0.15) is 0 Å². The average Bonchev–Trinajstić information content (AvgIpc) is 2.86. The number of carbonyl (C=O) groups is 2. The first-order valence-electron chi connectivity index (χ1n) is 6.76. The molecule has 0 aliphatic carbocycles. The van der Waals surface area contributed by atoms with Crippen molar-refractivity contribution in [1.29, 1.82) is 0 Å². The number of carbonyl (C=O) groups excluding carboxylic acids is 1. The minimum absolute atomic E-state index is 0.0630. The molecule has 1 N–H and O–H groups in total. The maximum Gasteiger partial charge on any atom is 0.410 e. The summed E-state index contributed by atoms with van der Waals surface area (Å²) in [4.78, 5) is 24.6. The van der Waals surface area contributed by atoms with E-state index in [0.717, 1.165) is 5.57 Å². The largest absolute Gasteiger partial charge is 0.475 e. The molecule has 0 radical (unpaired) electrons. The zero-order chi connectivity index (χ0) is 15.6. The van der Waals surface area contributed by atoms with Crippen molar-refractivity contribution >= 4 is 17.6 Å². The second kappa shape index (κ2) is 5.63. The summed E-state index contributed by atoms with van der Waals surface area (Å²) in [5, 5.41) is 9.05. The van der Waals surface area contributed by atoms with Gasteiger partial charge in [0.2, 0.25) is 5.76 Å². The van der Waals surface area contributed by atoms with Crippen LogP contribution in [0.1, 0.15) is 43.3 Å². The van der Waals surface area contributed by atoms with Gasteiger partial charge in [0.05, 0.1) is 6.26 Å². The van der Waals surface area contributed by atoms with Gasteiger partial charge in [-0.3, -0.25) is 0 Å². The number of carboxylic acids is 1. The average molecular weight is 293 g/mol. The number of carboxylic acid groups (broad SMARTS) is 1. The first kappa shape index (κ1) is 15.2. The van der Waals surface area contributed by atoms with Crippen LogP contribution < -0.4 is 0 Å². The third-order valence-electron chi connectivity index (χ3n) is 3.07. The van der Waals surface area contributed by atoms with Crippen molar-refractivity contribution in [3.05, 3.63) is 29.7 Å². The van der Waals surface area contributed by atoms with Gasteiger partial charge >= 0.3 is 12.1 Å². The van der Waals surface area contributed by atoms with Crippen molar-refractivity contribution in [2.24, 2.45) is 0 Å². The quantitative estimate of drug-likeness (QED) is 0.906. The number of ether oxygens (including phenoxy) is 1. The second-order valence-electron chi connectivity index (χ2n) is 5.87. The summed E-state index contributed by atoms with van der Waals surface area (Å²) in [6.07, 6.45) is 3.41. The Kier molecular flexibility index (Phi) is 4.06. The van der Waals surface area contributed by atoms with E-state index < -0.39 is 11.6 Å². The summed E-state index contributed by atoms with van der Waals surface area (Å²) in [7, 11) is 0. The van der Waals surface area contributed by atoms with E-state index in [-0.39, 0.29) is 11.9 Å². The van der Waals surface area contributed by atoms with E-state index in [2.05, 4.69) is 0 Å². The van der Waals surface area contributed by atoms with E-state index >= 15 is 0 Å². The molecule has 0 spiro atoms. The highest BCUT2D eigenvalue weighted by atomic mass is 16.6. The zero-order valence-corrected chi connectivity index (χ0v) is 12.4. The highest BCUT2D eigenvalue weighted by Gasteiger charge is 2.25. The van der Waals surface area contributed by atoms with Crippen molar-refractivity contribution < 1.29 is 23.8 Å². The predicted octanol–water partition coefficient (Wildman–Crippen LogP) is 3.00. The third-order valence-corrected chi connectivity index (χ3v) is 3.07. The molecule has 1 aliphatic heterocycles. The summed E-state index contributed by atoms with van der Waals surface area (Å²) < 4.78 is 10.3. The number of amides is 1. The van der Waals surface area contributed by atoms with E-state index in [0.29, 0.717) is 25.1 Å². The molecule has 6 nitrogen and oxygen atoms in total. The summed E-state index contributed by atoms with van der Waals surface area (Å²) >= 11 is 0. The lowest BCUT2D eigenvalue weighted by Crippen LogP contribution is -2.39. The van der Waals surface area contributed by atoms with Crippen LogP contribution >= 0.6 is 0 Å². The Bertz CT molecular complexity index is 579. The molecule has 114 valence electrons. The fraction of sp³-hybridized carbons (Fsp3) is 0.467. The molecule has 0 fully saturated rings. The number of rotatable bonds is 2. The first-order valence-corrected chi connectivity index (χ1v) is 6.76. The Labute approximate surface area is 123 Å². The Morgan fingerprint density at radius 3 is 2.62 bits per heavy atom. The van der Waals surface area contributed by atoms with Crippen molar-refractivity contribution in [2.75, 3.05) is 13.1 Å². The molecule has 1 aromatic rings. The van der Waals surface area contributed by atoms with Crippen molar-refractivity contribution in [3.8, 4) is 0 Å². The number of hydrogen-bond donors (Lipinski definition) is 1. The normalized spacial score (nSPS) is 15.6. The van der Waals surface area contributed by atoms with Gasteiger partial charge < -0.3 is 19.2 Å². The molecule has 1 aliphatic rings. The maximum absolute atomic E-state index is 11.9. The molecule has 2 rings (SSSR count). The Morgan fingerprint density at radius 1 is 1.38 bits per heavy atom. The maximum atomic E-state index is 11.9. The monoisotopic (exact) mass is 293 g/mol. The van der Waals surface area contributed by atoms with Gasteiger partial charge in [0, 0.05) is 18.7 Å². The molecular weight excluding hydrogens is 274 g/mol. The molecule has 0 atom stereocenters. The lowest BCUT2D eigenvalue weighted by Gasteiger charge is -2.29. The standard InChI is InChI=1S/C15H19NO5/c1-15(2,3)21-14(19)16-7-4-10(5-8-16)11-6-9-20-12(11)13(17)18/h4,6,9H,5,7-8H2,1-3H3,(H,17,18). The van der Waals surface area contributed by atoms with Crippen LogP contribution in [0, 0.1) is 0 Å². The first-order chi connectivity index (χ1) is 9.78. The molecule has 6 heteroatoms. The number of hydrogen-bond acceptors (Lipinski definition) is 4. The SMILES string of the molecule is CC(C)(C)OC(=O)N1CC=C(c2ccoc2C(=O)O)CC1. The van der Waals surface area contributed by atoms with Crippen LogP contribution in [-0.2, 0) is 4.74 Å². The van der Waals surface area contributed by atoms with Crippen LogP contribution in [0.25, 0.3) is 5.57 Å². The smallest absolute Gasteiger partial charge is 0.410 e. The van der Waals surface area contributed by atoms with E-state index in [1.807, 2.05) is 26.8 Å². The number of aromatic carboxylic acids is 1. The Hall–Kier alpha value is -2.24. The molecular formula is C15H19NO5. The summed E-state index contributed by atoms with van der Waals surface area (Å²) in [5.74, 6) is -1.16.